The van der Waals surface area contributed by atoms with Gasteiger partial charge in [0.15, 0.2) is 0 Å². The van der Waals surface area contributed by atoms with E-state index in [0.29, 0.717) is 12.1 Å². The summed E-state index contributed by atoms with van der Waals surface area (Å²) in [4.78, 5) is 13.1. The zero-order valence-electron chi connectivity index (χ0n) is 17.5. The number of carbonyl (C=O) groups excluding carboxylic acids is 1. The van der Waals surface area contributed by atoms with Crippen molar-refractivity contribution in [2.75, 3.05) is 10.6 Å². The number of carbonyl (C=O) groups is 1. The maximum absolute atomic E-state index is 13.1. The summed E-state index contributed by atoms with van der Waals surface area (Å²) >= 11 is 0. The number of hydrogen-bond acceptors (Lipinski definition) is 3. The molecule has 28 heavy (non-hydrogen) atoms. The monoisotopic (exact) mass is 402 g/mol. The van der Waals surface area contributed by atoms with E-state index in [-0.39, 0.29) is 11.9 Å². The van der Waals surface area contributed by atoms with Crippen molar-refractivity contribution >= 4 is 21.6 Å². The Kier molecular flexibility index (Phi) is 6.88. The number of aryl methyl sites for hydroxylation is 3. The Balaban J connectivity index is 2.33. The molecule has 0 spiro atoms. The minimum atomic E-state index is -3.63. The molecule has 0 bridgehead atoms. The molecule has 2 unspecified atom stereocenters. The Morgan fingerprint density at radius 2 is 1.71 bits per heavy atom. The lowest BCUT2D eigenvalue weighted by Crippen LogP contribution is -2.49. The summed E-state index contributed by atoms with van der Waals surface area (Å²) in [5.74, 6) is -0.304. The largest absolute Gasteiger partial charge is 0.348 e. The van der Waals surface area contributed by atoms with Gasteiger partial charge in [-0.25, -0.2) is 8.42 Å². The van der Waals surface area contributed by atoms with Crippen LogP contribution in [0.15, 0.2) is 42.5 Å². The molecule has 1 amide bonds. The number of nitrogens with one attached hydrogen (secondary N) is 1. The van der Waals surface area contributed by atoms with Crippen molar-refractivity contribution in [2.45, 2.75) is 53.1 Å². The standard InChI is InChI=1S/C22H30N2O3S/c1-7-21(24(28(6,26)27)19-10-8-9-15(2)14-19)22(25)23-18(5)20-12-11-16(3)13-17(20)4/h8-14,18,21H,7H2,1-6H3,(H,23,25). The molecule has 0 radical (unpaired) electrons. The van der Waals surface area contributed by atoms with E-state index in [0.717, 1.165) is 28.5 Å². The Morgan fingerprint density at radius 3 is 2.25 bits per heavy atom. The molecule has 1 N–H and O–H groups in total. The zero-order valence-corrected chi connectivity index (χ0v) is 18.3. The van der Waals surface area contributed by atoms with Crippen molar-refractivity contribution < 1.29 is 13.2 Å². The average Bonchev–Trinajstić information content (AvgIpc) is 2.57. The van der Waals surface area contributed by atoms with Gasteiger partial charge in [0, 0.05) is 0 Å². The van der Waals surface area contributed by atoms with Crippen LogP contribution in [0.1, 0.15) is 48.6 Å². The first-order chi connectivity index (χ1) is 13.0. The number of sulfonamides is 1. The summed E-state index contributed by atoms with van der Waals surface area (Å²) in [5.41, 5.74) is 4.72. The van der Waals surface area contributed by atoms with E-state index in [2.05, 4.69) is 11.4 Å². The van der Waals surface area contributed by atoms with Gasteiger partial charge in [-0.1, -0.05) is 42.8 Å². The first kappa shape index (κ1) is 22.0. The second-order valence-electron chi connectivity index (χ2n) is 7.41. The van der Waals surface area contributed by atoms with Gasteiger partial charge >= 0.3 is 0 Å². The van der Waals surface area contributed by atoms with Crippen LogP contribution >= 0.6 is 0 Å². The molecule has 0 aliphatic rings. The Labute approximate surface area is 168 Å². The van der Waals surface area contributed by atoms with Crippen LogP contribution in [0.4, 0.5) is 5.69 Å². The van der Waals surface area contributed by atoms with E-state index in [1.165, 1.54) is 4.31 Å². The Bertz CT molecular complexity index is 954. The first-order valence-corrected chi connectivity index (χ1v) is 11.3. The Hall–Kier alpha value is -2.34. The van der Waals surface area contributed by atoms with Crippen LogP contribution in [0.2, 0.25) is 0 Å². The topological polar surface area (TPSA) is 66.5 Å². The molecule has 5 nitrogen and oxygen atoms in total. The number of anilines is 1. The van der Waals surface area contributed by atoms with Gasteiger partial charge in [-0.3, -0.25) is 9.10 Å². The maximum atomic E-state index is 13.1. The fourth-order valence-electron chi connectivity index (χ4n) is 3.52. The molecule has 2 atom stereocenters. The third-order valence-electron chi connectivity index (χ3n) is 4.84. The molecule has 0 saturated heterocycles. The maximum Gasteiger partial charge on any atom is 0.244 e. The summed E-state index contributed by atoms with van der Waals surface area (Å²) in [6.45, 7) is 9.67. The highest BCUT2D eigenvalue weighted by Gasteiger charge is 2.32. The summed E-state index contributed by atoms with van der Waals surface area (Å²) in [5, 5.41) is 3.00. The molecule has 2 aromatic rings. The van der Waals surface area contributed by atoms with Crippen molar-refractivity contribution in [3.8, 4) is 0 Å². The summed E-state index contributed by atoms with van der Waals surface area (Å²) in [6.07, 6.45) is 1.51. The van der Waals surface area contributed by atoms with Gasteiger partial charge in [-0.2, -0.15) is 0 Å². The van der Waals surface area contributed by atoms with Crippen molar-refractivity contribution in [1.29, 1.82) is 0 Å². The van der Waals surface area contributed by atoms with Gasteiger partial charge in [-0.05, 0) is 62.9 Å². The molecule has 6 heteroatoms. The van der Waals surface area contributed by atoms with Crippen LogP contribution in [-0.2, 0) is 14.8 Å². The van der Waals surface area contributed by atoms with Crippen molar-refractivity contribution in [2.24, 2.45) is 0 Å². The van der Waals surface area contributed by atoms with Crippen LogP contribution in [0, 0.1) is 20.8 Å². The van der Waals surface area contributed by atoms with E-state index in [4.69, 9.17) is 0 Å². The van der Waals surface area contributed by atoms with E-state index >= 15 is 0 Å². The molecule has 2 rings (SSSR count). The van der Waals surface area contributed by atoms with Crippen molar-refractivity contribution in [1.82, 2.24) is 5.32 Å². The summed E-state index contributed by atoms with van der Waals surface area (Å²) < 4.78 is 26.3. The third-order valence-corrected chi connectivity index (χ3v) is 6.02. The fraction of sp³-hybridized carbons (Fsp3) is 0.409. The summed E-state index contributed by atoms with van der Waals surface area (Å²) in [7, 11) is -3.63. The van der Waals surface area contributed by atoms with Gasteiger partial charge in [0.1, 0.15) is 6.04 Å². The van der Waals surface area contributed by atoms with Crippen molar-refractivity contribution in [3.63, 3.8) is 0 Å². The van der Waals surface area contributed by atoms with Gasteiger partial charge < -0.3 is 5.32 Å². The smallest absolute Gasteiger partial charge is 0.244 e. The highest BCUT2D eigenvalue weighted by molar-refractivity contribution is 7.92. The molecule has 0 aromatic heterocycles. The third kappa shape index (κ3) is 5.13. The van der Waals surface area contributed by atoms with Crippen LogP contribution in [0.3, 0.4) is 0 Å². The molecule has 0 aliphatic carbocycles. The summed E-state index contributed by atoms with van der Waals surface area (Å²) in [6, 6.07) is 12.3. The van der Waals surface area contributed by atoms with Crippen LogP contribution < -0.4 is 9.62 Å². The lowest BCUT2D eigenvalue weighted by Gasteiger charge is -2.31. The van der Waals surface area contributed by atoms with Gasteiger partial charge in [0.05, 0.1) is 18.0 Å². The number of rotatable bonds is 7. The minimum Gasteiger partial charge on any atom is -0.348 e. The second kappa shape index (κ2) is 8.78. The van der Waals surface area contributed by atoms with Gasteiger partial charge in [0.2, 0.25) is 15.9 Å². The number of nitrogens with zero attached hydrogens (tertiary/aromatic N) is 1. The van der Waals surface area contributed by atoms with E-state index in [9.17, 15) is 13.2 Å². The lowest BCUT2D eigenvalue weighted by molar-refractivity contribution is -0.122. The number of hydrogen-bond donors (Lipinski definition) is 1. The second-order valence-corrected chi connectivity index (χ2v) is 9.27. The van der Waals surface area contributed by atoms with E-state index in [1.807, 2.05) is 52.8 Å². The van der Waals surface area contributed by atoms with Crippen LogP contribution in [-0.4, -0.2) is 26.6 Å². The lowest BCUT2D eigenvalue weighted by atomic mass is 10.00. The predicted octanol–water partition coefficient (Wildman–Crippen LogP) is 4.03. The predicted molar refractivity (Wildman–Crippen MR) is 115 cm³/mol. The molecular weight excluding hydrogens is 372 g/mol. The highest BCUT2D eigenvalue weighted by atomic mass is 32.2. The average molecular weight is 403 g/mol. The quantitative estimate of drug-likeness (QED) is 0.760. The number of benzene rings is 2. The van der Waals surface area contributed by atoms with Crippen molar-refractivity contribution in [3.05, 3.63) is 64.7 Å². The van der Waals surface area contributed by atoms with E-state index in [1.54, 1.807) is 18.2 Å². The first-order valence-electron chi connectivity index (χ1n) is 9.48. The molecule has 2 aromatic carbocycles. The SMILES string of the molecule is CCC(C(=O)NC(C)c1ccc(C)cc1C)N(c1cccc(C)c1)S(C)(=O)=O. The number of amides is 1. The van der Waals surface area contributed by atoms with Crippen LogP contribution in [0.25, 0.3) is 0 Å². The van der Waals surface area contributed by atoms with Gasteiger partial charge in [0.25, 0.3) is 0 Å². The van der Waals surface area contributed by atoms with E-state index < -0.39 is 16.1 Å². The Morgan fingerprint density at radius 1 is 1.07 bits per heavy atom. The molecular formula is C22H30N2O3S. The van der Waals surface area contributed by atoms with Crippen LogP contribution in [0.5, 0.6) is 0 Å². The molecule has 0 heterocycles. The normalized spacial score (nSPS) is 13.6. The molecule has 0 fully saturated rings. The minimum absolute atomic E-state index is 0.221. The molecule has 0 saturated carbocycles. The fourth-order valence-corrected chi connectivity index (χ4v) is 4.73. The highest BCUT2D eigenvalue weighted by Crippen LogP contribution is 2.25. The molecule has 152 valence electrons. The molecule has 0 aliphatic heterocycles. The zero-order chi connectivity index (χ0) is 21.1. The van der Waals surface area contributed by atoms with Gasteiger partial charge in [-0.15, -0.1) is 0 Å².